The number of hydrogen-bond donors (Lipinski definition) is 0. The largest absolute Gasteiger partial charge is 0.326 e. The molecule has 6 rings (SSSR count). The van der Waals surface area contributed by atoms with Crippen molar-refractivity contribution in [1.29, 1.82) is 0 Å². The molecule has 2 aromatic carbocycles. The lowest BCUT2D eigenvalue weighted by Crippen LogP contribution is -2.15. The maximum atomic E-state index is 15.7. The predicted molar refractivity (Wildman–Crippen MR) is 121 cm³/mol. The molecule has 3 aromatic heterocycles. The molecule has 158 valence electrons. The standard InChI is InChI=1S/C23H17ClFN7/c1-31(21-15-5-2-3-7-18(15)32-22(24)29-30-23(32)28-21)19-8-4-6-14(20(19)25)17-12-26-16(11-27-17)13-9-10-13/h2-8,11-13H,9-10H2,1H3. The van der Waals surface area contributed by atoms with Crippen LogP contribution >= 0.6 is 11.6 Å². The Balaban J connectivity index is 1.47. The molecule has 0 atom stereocenters. The molecule has 0 N–H and O–H groups in total. The van der Waals surface area contributed by atoms with Gasteiger partial charge in [-0.1, -0.05) is 18.2 Å². The van der Waals surface area contributed by atoms with E-state index in [0.29, 0.717) is 34.5 Å². The highest BCUT2D eigenvalue weighted by Crippen LogP contribution is 2.39. The van der Waals surface area contributed by atoms with Gasteiger partial charge in [-0.2, -0.15) is 4.98 Å². The molecule has 1 aliphatic rings. The average molecular weight is 446 g/mol. The number of benzene rings is 2. The summed E-state index contributed by atoms with van der Waals surface area (Å²) in [5.41, 5.74) is 3.01. The summed E-state index contributed by atoms with van der Waals surface area (Å²) in [6, 6.07) is 12.8. The highest BCUT2D eigenvalue weighted by Gasteiger charge is 2.25. The van der Waals surface area contributed by atoms with Crippen LogP contribution < -0.4 is 4.90 Å². The Bertz CT molecular complexity index is 1480. The first-order valence-electron chi connectivity index (χ1n) is 10.3. The number of para-hydroxylation sites is 1. The minimum atomic E-state index is -0.395. The fraction of sp³-hybridized carbons (Fsp3) is 0.174. The number of halogens is 2. The maximum absolute atomic E-state index is 15.7. The quantitative estimate of drug-likeness (QED) is 0.380. The third kappa shape index (κ3) is 2.98. The molecule has 0 bridgehead atoms. The first-order valence-corrected chi connectivity index (χ1v) is 10.6. The van der Waals surface area contributed by atoms with Crippen LogP contribution in [0.2, 0.25) is 5.28 Å². The van der Waals surface area contributed by atoms with Gasteiger partial charge in [0.1, 0.15) is 5.82 Å². The molecule has 7 nitrogen and oxygen atoms in total. The van der Waals surface area contributed by atoms with E-state index < -0.39 is 5.82 Å². The summed E-state index contributed by atoms with van der Waals surface area (Å²) in [7, 11) is 1.77. The fourth-order valence-electron chi connectivity index (χ4n) is 3.96. The zero-order valence-electron chi connectivity index (χ0n) is 17.1. The van der Waals surface area contributed by atoms with Crippen LogP contribution in [0.5, 0.6) is 0 Å². The van der Waals surface area contributed by atoms with Gasteiger partial charge in [0, 0.05) is 30.1 Å². The van der Waals surface area contributed by atoms with Crippen LogP contribution in [0.3, 0.4) is 0 Å². The summed E-state index contributed by atoms with van der Waals surface area (Å²) in [5.74, 6) is 0.990. The van der Waals surface area contributed by atoms with Crippen molar-refractivity contribution in [3.8, 4) is 11.3 Å². The summed E-state index contributed by atoms with van der Waals surface area (Å²) < 4.78 is 17.4. The molecule has 5 aromatic rings. The third-order valence-corrected chi connectivity index (χ3v) is 6.04. The first-order chi connectivity index (χ1) is 15.6. The number of fused-ring (bicyclic) bond motifs is 3. The minimum absolute atomic E-state index is 0.222. The Morgan fingerprint density at radius 1 is 1.03 bits per heavy atom. The van der Waals surface area contributed by atoms with Crippen LogP contribution in [0.25, 0.3) is 27.9 Å². The number of hydrogen-bond acceptors (Lipinski definition) is 6. The van der Waals surface area contributed by atoms with Gasteiger partial charge in [0.2, 0.25) is 5.28 Å². The molecule has 32 heavy (non-hydrogen) atoms. The number of aromatic nitrogens is 6. The lowest BCUT2D eigenvalue weighted by molar-refractivity contribution is 0.630. The monoisotopic (exact) mass is 445 g/mol. The van der Waals surface area contributed by atoms with Crippen LogP contribution in [0.4, 0.5) is 15.9 Å². The van der Waals surface area contributed by atoms with Crippen LogP contribution in [0, 0.1) is 5.82 Å². The van der Waals surface area contributed by atoms with Gasteiger partial charge in [-0.05, 0) is 48.7 Å². The van der Waals surface area contributed by atoms with Crippen LogP contribution in [0.15, 0.2) is 54.9 Å². The Morgan fingerprint density at radius 3 is 2.66 bits per heavy atom. The van der Waals surface area contributed by atoms with Gasteiger partial charge in [0.15, 0.2) is 5.82 Å². The molecule has 1 aliphatic carbocycles. The lowest BCUT2D eigenvalue weighted by Gasteiger charge is -2.22. The highest BCUT2D eigenvalue weighted by atomic mass is 35.5. The molecule has 1 saturated carbocycles. The van der Waals surface area contributed by atoms with Gasteiger partial charge in [-0.15, -0.1) is 10.2 Å². The molecule has 0 radical (unpaired) electrons. The molecule has 3 heterocycles. The zero-order valence-corrected chi connectivity index (χ0v) is 17.8. The van der Waals surface area contributed by atoms with E-state index in [9.17, 15) is 0 Å². The van der Waals surface area contributed by atoms with Gasteiger partial charge >= 0.3 is 0 Å². The van der Waals surface area contributed by atoms with Crippen molar-refractivity contribution < 1.29 is 4.39 Å². The molecular weight excluding hydrogens is 429 g/mol. The fourth-order valence-corrected chi connectivity index (χ4v) is 4.17. The molecule has 0 spiro atoms. The normalized spacial score (nSPS) is 13.7. The Kier molecular flexibility index (Phi) is 4.29. The third-order valence-electron chi connectivity index (χ3n) is 5.80. The number of anilines is 2. The average Bonchev–Trinajstić information content (AvgIpc) is 3.61. The van der Waals surface area contributed by atoms with Crippen molar-refractivity contribution in [2.24, 2.45) is 0 Å². The topological polar surface area (TPSA) is 72.1 Å². The van der Waals surface area contributed by atoms with Gasteiger partial charge in [-0.25, -0.2) is 8.79 Å². The van der Waals surface area contributed by atoms with Gasteiger partial charge < -0.3 is 4.90 Å². The molecule has 0 unspecified atom stereocenters. The van der Waals surface area contributed by atoms with Crippen molar-refractivity contribution in [3.05, 3.63) is 71.7 Å². The van der Waals surface area contributed by atoms with Crippen LogP contribution in [0.1, 0.15) is 24.5 Å². The van der Waals surface area contributed by atoms with E-state index in [1.807, 2.05) is 24.3 Å². The summed E-state index contributed by atoms with van der Waals surface area (Å²) in [4.78, 5) is 15.3. The van der Waals surface area contributed by atoms with Crippen molar-refractivity contribution in [2.75, 3.05) is 11.9 Å². The zero-order chi connectivity index (χ0) is 21.8. The Labute approximate surface area is 187 Å². The number of nitrogens with zero attached hydrogens (tertiary/aromatic N) is 7. The van der Waals surface area contributed by atoms with Crippen LogP contribution in [-0.4, -0.2) is 36.6 Å². The molecule has 1 fully saturated rings. The second-order valence-electron chi connectivity index (χ2n) is 7.86. The summed E-state index contributed by atoms with van der Waals surface area (Å²) in [6.07, 6.45) is 5.69. The molecule has 0 aliphatic heterocycles. The van der Waals surface area contributed by atoms with Crippen molar-refractivity contribution >= 4 is 39.8 Å². The molecule has 0 amide bonds. The molecular formula is C23H17ClFN7. The lowest BCUT2D eigenvalue weighted by atomic mass is 10.1. The summed E-state index contributed by atoms with van der Waals surface area (Å²) in [5, 5.41) is 8.99. The Morgan fingerprint density at radius 2 is 1.88 bits per heavy atom. The Hall–Kier alpha value is -3.65. The van der Waals surface area contributed by atoms with Crippen molar-refractivity contribution in [3.63, 3.8) is 0 Å². The number of rotatable bonds is 4. The predicted octanol–water partition coefficient (Wildman–Crippen LogP) is 5.17. The smallest absolute Gasteiger partial charge is 0.258 e. The van der Waals surface area contributed by atoms with E-state index in [4.69, 9.17) is 11.6 Å². The van der Waals surface area contributed by atoms with Crippen LogP contribution in [-0.2, 0) is 0 Å². The van der Waals surface area contributed by atoms with Crippen molar-refractivity contribution in [1.82, 2.24) is 29.5 Å². The van der Waals surface area contributed by atoms with Gasteiger partial charge in [0.25, 0.3) is 5.78 Å². The second-order valence-corrected chi connectivity index (χ2v) is 8.19. The SMILES string of the molecule is CN(c1cccc(-c2cnc(C3CC3)cn2)c1F)c1nc2nnc(Cl)n2c2ccccc12. The minimum Gasteiger partial charge on any atom is -0.326 e. The second kappa shape index (κ2) is 7.20. The van der Waals surface area contributed by atoms with Gasteiger partial charge in [-0.3, -0.25) is 9.97 Å². The van der Waals surface area contributed by atoms with E-state index in [-0.39, 0.29) is 5.28 Å². The highest BCUT2D eigenvalue weighted by molar-refractivity contribution is 6.29. The van der Waals surface area contributed by atoms with E-state index in [1.165, 1.54) is 0 Å². The van der Waals surface area contributed by atoms with E-state index in [2.05, 4.69) is 25.1 Å². The first kappa shape index (κ1) is 19.1. The van der Waals surface area contributed by atoms with E-state index in [0.717, 1.165) is 29.4 Å². The van der Waals surface area contributed by atoms with Crippen molar-refractivity contribution in [2.45, 2.75) is 18.8 Å². The van der Waals surface area contributed by atoms with E-state index >= 15 is 4.39 Å². The molecule has 9 heteroatoms. The molecule has 0 saturated heterocycles. The van der Waals surface area contributed by atoms with Gasteiger partial charge in [0.05, 0.1) is 28.8 Å². The maximum Gasteiger partial charge on any atom is 0.258 e. The summed E-state index contributed by atoms with van der Waals surface area (Å²) in [6.45, 7) is 0. The summed E-state index contributed by atoms with van der Waals surface area (Å²) >= 11 is 6.21. The van der Waals surface area contributed by atoms with E-state index in [1.54, 1.807) is 46.9 Å².